The molecule has 3 aromatic rings. The molecule has 162 valence electrons. The maximum absolute atomic E-state index is 12.4. The summed E-state index contributed by atoms with van der Waals surface area (Å²) in [7, 11) is 0. The van der Waals surface area contributed by atoms with E-state index in [-0.39, 0.29) is 17.9 Å². The van der Waals surface area contributed by atoms with Crippen molar-refractivity contribution in [2.24, 2.45) is 0 Å². The molecule has 0 aliphatic carbocycles. The Balaban J connectivity index is 1.43. The van der Waals surface area contributed by atoms with E-state index >= 15 is 0 Å². The van der Waals surface area contributed by atoms with Gasteiger partial charge in [0.05, 0.1) is 23.0 Å². The van der Waals surface area contributed by atoms with Crippen LogP contribution in [0, 0.1) is 0 Å². The van der Waals surface area contributed by atoms with E-state index in [1.165, 1.54) is 24.4 Å². The predicted octanol–water partition coefficient (Wildman–Crippen LogP) is 3.48. The largest absolute Gasteiger partial charge is 0.573 e. The summed E-state index contributed by atoms with van der Waals surface area (Å²) >= 11 is 1.11. The van der Waals surface area contributed by atoms with E-state index in [1.54, 1.807) is 6.07 Å². The minimum atomic E-state index is -4.84. The summed E-state index contributed by atoms with van der Waals surface area (Å²) < 4.78 is 46.1. The van der Waals surface area contributed by atoms with E-state index in [0.29, 0.717) is 10.5 Å². The van der Waals surface area contributed by atoms with Crippen molar-refractivity contribution in [2.45, 2.75) is 17.9 Å². The fraction of sp³-hybridized carbons (Fsp3) is 0.200. The molecule has 31 heavy (non-hydrogen) atoms. The van der Waals surface area contributed by atoms with Crippen molar-refractivity contribution in [2.75, 3.05) is 12.4 Å². The van der Waals surface area contributed by atoms with Crippen molar-refractivity contribution in [1.29, 1.82) is 0 Å². The summed E-state index contributed by atoms with van der Waals surface area (Å²) in [5, 5.41) is 2.91. The molecule has 2 aromatic carbocycles. The summed E-state index contributed by atoms with van der Waals surface area (Å²) in [6, 6.07) is 12.7. The lowest BCUT2D eigenvalue weighted by Crippen LogP contribution is -2.29. The van der Waals surface area contributed by atoms with Crippen molar-refractivity contribution in [3.8, 4) is 5.75 Å². The highest BCUT2D eigenvalue weighted by Gasteiger charge is 2.32. The molecule has 0 saturated carbocycles. The molecule has 0 saturated heterocycles. The van der Waals surface area contributed by atoms with Crippen LogP contribution < -0.4 is 10.1 Å². The van der Waals surface area contributed by atoms with Crippen LogP contribution in [-0.4, -0.2) is 40.6 Å². The van der Waals surface area contributed by atoms with E-state index in [9.17, 15) is 22.8 Å². The third-order valence-corrected chi connectivity index (χ3v) is 4.68. The van der Waals surface area contributed by atoms with Crippen LogP contribution in [-0.2, 0) is 20.9 Å². The number of aromatic nitrogens is 2. The number of carbonyl (C=O) groups is 2. The van der Waals surface area contributed by atoms with E-state index in [4.69, 9.17) is 4.74 Å². The van der Waals surface area contributed by atoms with Crippen LogP contribution in [0.2, 0.25) is 0 Å². The van der Waals surface area contributed by atoms with E-state index in [1.807, 2.05) is 18.2 Å². The maximum Gasteiger partial charge on any atom is 0.573 e. The Bertz CT molecular complexity index is 1080. The van der Waals surface area contributed by atoms with Crippen LogP contribution >= 0.6 is 11.8 Å². The van der Waals surface area contributed by atoms with Crippen LogP contribution in [0.1, 0.15) is 5.56 Å². The second-order valence-electron chi connectivity index (χ2n) is 6.08. The second kappa shape index (κ2) is 10.1. The first-order valence-electron chi connectivity index (χ1n) is 8.91. The highest BCUT2D eigenvalue weighted by molar-refractivity contribution is 7.99. The Morgan fingerprint density at radius 1 is 1.03 bits per heavy atom. The Morgan fingerprint density at radius 3 is 2.52 bits per heavy atom. The van der Waals surface area contributed by atoms with Gasteiger partial charge in [0.2, 0.25) is 0 Å². The van der Waals surface area contributed by atoms with Crippen molar-refractivity contribution < 1.29 is 32.2 Å². The molecular formula is C20H16F3N3O4S. The van der Waals surface area contributed by atoms with Crippen molar-refractivity contribution in [3.63, 3.8) is 0 Å². The fourth-order valence-electron chi connectivity index (χ4n) is 2.45. The topological polar surface area (TPSA) is 90.4 Å². The average molecular weight is 451 g/mol. The number of alkyl halides is 3. The molecule has 7 nitrogen and oxygen atoms in total. The molecule has 0 spiro atoms. The second-order valence-corrected chi connectivity index (χ2v) is 7.07. The first-order chi connectivity index (χ1) is 14.8. The third kappa shape index (κ3) is 7.14. The molecule has 0 aliphatic heterocycles. The monoisotopic (exact) mass is 451 g/mol. The quantitative estimate of drug-likeness (QED) is 0.414. The molecule has 1 heterocycles. The number of amides is 1. The first kappa shape index (κ1) is 22.3. The number of esters is 1. The Kier molecular flexibility index (Phi) is 7.29. The van der Waals surface area contributed by atoms with Gasteiger partial charge in [0.15, 0.2) is 6.61 Å². The average Bonchev–Trinajstić information content (AvgIpc) is 2.74. The van der Waals surface area contributed by atoms with Crippen molar-refractivity contribution >= 4 is 34.7 Å². The molecule has 1 N–H and O–H groups in total. The van der Waals surface area contributed by atoms with Gasteiger partial charge in [-0.15, -0.1) is 13.2 Å². The van der Waals surface area contributed by atoms with E-state index in [0.717, 1.165) is 23.3 Å². The Morgan fingerprint density at radius 2 is 1.74 bits per heavy atom. The summed E-state index contributed by atoms with van der Waals surface area (Å²) in [5.41, 5.74) is 1.55. The number of benzene rings is 2. The number of rotatable bonds is 8. The Labute approximate surface area is 179 Å². The molecule has 0 atom stereocenters. The van der Waals surface area contributed by atoms with Crippen molar-refractivity contribution in [3.05, 3.63) is 60.3 Å². The predicted molar refractivity (Wildman–Crippen MR) is 106 cm³/mol. The number of fused-ring (bicyclic) bond motifs is 1. The third-order valence-electron chi connectivity index (χ3n) is 3.80. The first-order valence-corrected chi connectivity index (χ1v) is 9.89. The molecule has 1 amide bonds. The zero-order valence-corrected chi connectivity index (χ0v) is 16.7. The standard InChI is InChI=1S/C20H16F3N3O4S/c21-20(22,23)30-16-8-4-1-5-13(16)9-25-17(27)11-29-19(28)12-31-18-10-24-14-6-2-3-7-15(14)26-18/h1-8,10H,9,11-12H2,(H,25,27). The normalized spacial score (nSPS) is 11.2. The maximum atomic E-state index is 12.4. The smallest absolute Gasteiger partial charge is 0.455 e. The van der Waals surface area contributed by atoms with Crippen molar-refractivity contribution in [1.82, 2.24) is 15.3 Å². The lowest BCUT2D eigenvalue weighted by molar-refractivity contribution is -0.274. The number of para-hydroxylation sites is 3. The fourth-order valence-corrected chi connectivity index (χ4v) is 3.09. The molecule has 11 heteroatoms. The molecule has 3 rings (SSSR count). The van der Waals surface area contributed by atoms with E-state index < -0.39 is 30.6 Å². The number of halogens is 3. The number of nitrogens with one attached hydrogen (secondary N) is 1. The molecule has 1 aromatic heterocycles. The Hall–Kier alpha value is -3.34. The minimum absolute atomic E-state index is 0.0808. The summed E-state index contributed by atoms with van der Waals surface area (Å²) in [5.74, 6) is -1.80. The summed E-state index contributed by atoms with van der Waals surface area (Å²) in [6.07, 6.45) is -3.31. The molecule has 0 aliphatic rings. The van der Waals surface area contributed by atoms with Gasteiger partial charge in [-0.3, -0.25) is 14.6 Å². The lowest BCUT2D eigenvalue weighted by Gasteiger charge is -2.13. The number of nitrogens with zero attached hydrogens (tertiary/aromatic N) is 2. The zero-order valence-electron chi connectivity index (χ0n) is 15.9. The van der Waals surface area contributed by atoms with Gasteiger partial charge in [-0.2, -0.15) is 0 Å². The van der Waals surface area contributed by atoms with Gasteiger partial charge in [-0.1, -0.05) is 42.1 Å². The number of carbonyl (C=O) groups excluding carboxylic acids is 2. The van der Waals surface area contributed by atoms with Gasteiger partial charge in [0.1, 0.15) is 10.8 Å². The van der Waals surface area contributed by atoms with Crippen LogP contribution in [0.15, 0.2) is 59.8 Å². The molecule has 0 fully saturated rings. The van der Waals surface area contributed by atoms with Gasteiger partial charge in [-0.25, -0.2) is 4.98 Å². The van der Waals surface area contributed by atoms with Gasteiger partial charge in [-0.05, 0) is 18.2 Å². The molecular weight excluding hydrogens is 435 g/mol. The van der Waals surface area contributed by atoms with Crippen LogP contribution in [0.3, 0.4) is 0 Å². The number of hydrogen-bond donors (Lipinski definition) is 1. The highest BCUT2D eigenvalue weighted by atomic mass is 32.2. The summed E-state index contributed by atoms with van der Waals surface area (Å²) in [6.45, 7) is -0.783. The SMILES string of the molecule is O=C(COC(=O)CSc1cnc2ccccc2n1)NCc1ccccc1OC(F)(F)F. The number of ether oxygens (including phenoxy) is 2. The van der Waals surface area contributed by atoms with Gasteiger partial charge in [0.25, 0.3) is 5.91 Å². The van der Waals surface area contributed by atoms with Gasteiger partial charge < -0.3 is 14.8 Å². The zero-order chi connectivity index (χ0) is 22.3. The minimum Gasteiger partial charge on any atom is -0.455 e. The van der Waals surface area contributed by atoms with Gasteiger partial charge >= 0.3 is 12.3 Å². The molecule has 0 bridgehead atoms. The molecule has 0 radical (unpaired) electrons. The van der Waals surface area contributed by atoms with E-state index in [2.05, 4.69) is 20.0 Å². The summed E-state index contributed by atoms with van der Waals surface area (Å²) in [4.78, 5) is 32.3. The van der Waals surface area contributed by atoms with Crippen LogP contribution in [0.25, 0.3) is 11.0 Å². The lowest BCUT2D eigenvalue weighted by atomic mass is 10.2. The number of hydrogen-bond acceptors (Lipinski definition) is 7. The molecule has 0 unspecified atom stereocenters. The van der Waals surface area contributed by atoms with Crippen LogP contribution in [0.4, 0.5) is 13.2 Å². The van der Waals surface area contributed by atoms with Gasteiger partial charge in [0, 0.05) is 12.1 Å². The number of thioether (sulfide) groups is 1. The highest BCUT2D eigenvalue weighted by Crippen LogP contribution is 2.26. The van der Waals surface area contributed by atoms with Crippen LogP contribution in [0.5, 0.6) is 5.75 Å².